The number of aryl methyl sites for hydroxylation is 2. The minimum Gasteiger partial charge on any atom is -0.288 e. The van der Waals surface area contributed by atoms with Gasteiger partial charge in [-0.1, -0.05) is 31.2 Å². The minimum absolute atomic E-state index is 0.219. The molecule has 1 aromatic heterocycles. The van der Waals surface area contributed by atoms with Crippen LogP contribution >= 0.6 is 0 Å². The van der Waals surface area contributed by atoms with Crippen LogP contribution in [0.3, 0.4) is 0 Å². The van der Waals surface area contributed by atoms with Gasteiger partial charge in [0.2, 0.25) is 5.95 Å². The second-order valence-electron chi connectivity index (χ2n) is 4.05. The molecule has 0 atom stereocenters. The van der Waals surface area contributed by atoms with Crippen LogP contribution in [0.1, 0.15) is 23.7 Å². The Morgan fingerprint density at radius 3 is 2.68 bits per heavy atom. The van der Waals surface area contributed by atoms with Crippen molar-refractivity contribution >= 4 is 12.2 Å². The van der Waals surface area contributed by atoms with Crippen molar-refractivity contribution in [3.63, 3.8) is 0 Å². The van der Waals surface area contributed by atoms with E-state index in [1.165, 1.54) is 5.56 Å². The second kappa shape index (κ2) is 5.90. The van der Waals surface area contributed by atoms with Gasteiger partial charge in [-0.15, -0.1) is 10.2 Å². The molecule has 0 aliphatic heterocycles. The monoisotopic (exact) mass is 257 g/mol. The fourth-order valence-electron chi connectivity index (χ4n) is 1.45. The lowest BCUT2D eigenvalue weighted by Crippen LogP contribution is -2.15. The van der Waals surface area contributed by atoms with E-state index in [1.807, 2.05) is 12.1 Å². The zero-order valence-corrected chi connectivity index (χ0v) is 10.8. The first-order valence-corrected chi connectivity index (χ1v) is 6.00. The van der Waals surface area contributed by atoms with E-state index in [4.69, 9.17) is 0 Å². The van der Waals surface area contributed by atoms with E-state index in [-0.39, 0.29) is 11.5 Å². The Morgan fingerprint density at radius 2 is 2.05 bits per heavy atom. The average Bonchev–Trinajstić information content (AvgIpc) is 2.43. The van der Waals surface area contributed by atoms with Crippen molar-refractivity contribution in [2.45, 2.75) is 20.3 Å². The van der Waals surface area contributed by atoms with Gasteiger partial charge >= 0.3 is 0 Å². The molecule has 1 aromatic carbocycles. The van der Waals surface area contributed by atoms with Crippen LogP contribution in [0.4, 0.5) is 5.95 Å². The van der Waals surface area contributed by atoms with Gasteiger partial charge in [-0.2, -0.15) is 5.10 Å². The molecule has 6 nitrogen and oxygen atoms in total. The number of hydrogen-bond acceptors (Lipinski definition) is 5. The predicted molar refractivity (Wildman–Crippen MR) is 74.4 cm³/mol. The Morgan fingerprint density at radius 1 is 1.32 bits per heavy atom. The topological polar surface area (TPSA) is 83.0 Å². The maximum absolute atomic E-state index is 11.3. The molecule has 0 aliphatic carbocycles. The van der Waals surface area contributed by atoms with Gasteiger partial charge < -0.3 is 0 Å². The van der Waals surface area contributed by atoms with Gasteiger partial charge in [-0.3, -0.25) is 9.78 Å². The molecular formula is C13H15N5O. The number of nitrogens with one attached hydrogen (secondary N) is 2. The van der Waals surface area contributed by atoms with Crippen LogP contribution in [0.2, 0.25) is 0 Å². The number of hydrazone groups is 1. The molecule has 0 saturated carbocycles. The summed E-state index contributed by atoms with van der Waals surface area (Å²) < 4.78 is 0. The van der Waals surface area contributed by atoms with Crippen molar-refractivity contribution in [1.82, 2.24) is 15.2 Å². The highest BCUT2D eigenvalue weighted by Gasteiger charge is 1.97. The number of aromatic amines is 1. The van der Waals surface area contributed by atoms with Crippen molar-refractivity contribution in [3.8, 4) is 0 Å². The smallest absolute Gasteiger partial charge is 0.274 e. The molecule has 2 rings (SSSR count). The largest absolute Gasteiger partial charge is 0.288 e. The number of hydrogen-bond donors (Lipinski definition) is 2. The van der Waals surface area contributed by atoms with Crippen LogP contribution in [0, 0.1) is 6.92 Å². The van der Waals surface area contributed by atoms with E-state index in [9.17, 15) is 4.79 Å². The highest BCUT2D eigenvalue weighted by atomic mass is 16.1. The molecule has 0 spiro atoms. The molecule has 2 aromatic rings. The van der Waals surface area contributed by atoms with Gasteiger partial charge in [-0.25, -0.2) is 5.43 Å². The van der Waals surface area contributed by atoms with Gasteiger partial charge in [-0.05, 0) is 24.5 Å². The van der Waals surface area contributed by atoms with Crippen LogP contribution < -0.4 is 11.0 Å². The van der Waals surface area contributed by atoms with E-state index < -0.39 is 0 Å². The Balaban J connectivity index is 2.02. The minimum atomic E-state index is -0.278. The first-order valence-electron chi connectivity index (χ1n) is 6.00. The van der Waals surface area contributed by atoms with Crippen LogP contribution in [-0.4, -0.2) is 21.4 Å². The van der Waals surface area contributed by atoms with Gasteiger partial charge in [0, 0.05) is 0 Å². The van der Waals surface area contributed by atoms with Crippen molar-refractivity contribution in [3.05, 3.63) is 51.4 Å². The van der Waals surface area contributed by atoms with E-state index in [2.05, 4.69) is 44.8 Å². The third-order valence-electron chi connectivity index (χ3n) is 2.63. The SMILES string of the molecule is CCc1ccc(C=NNc2nnc(C)c(=O)[nH]2)cc1. The fourth-order valence-corrected chi connectivity index (χ4v) is 1.45. The summed E-state index contributed by atoms with van der Waals surface area (Å²) in [7, 11) is 0. The lowest BCUT2D eigenvalue weighted by Gasteiger charge is -1.99. The molecule has 0 fully saturated rings. The van der Waals surface area contributed by atoms with E-state index in [1.54, 1.807) is 13.1 Å². The van der Waals surface area contributed by atoms with E-state index in [0.717, 1.165) is 12.0 Å². The fraction of sp³-hybridized carbons (Fsp3) is 0.231. The molecule has 19 heavy (non-hydrogen) atoms. The maximum atomic E-state index is 11.3. The quantitative estimate of drug-likeness (QED) is 0.642. The Kier molecular flexibility index (Phi) is 4.02. The van der Waals surface area contributed by atoms with Crippen LogP contribution in [0.5, 0.6) is 0 Å². The highest BCUT2D eigenvalue weighted by Crippen LogP contribution is 2.03. The number of rotatable bonds is 4. The first-order chi connectivity index (χ1) is 9.19. The summed E-state index contributed by atoms with van der Waals surface area (Å²) in [5.41, 5.74) is 4.92. The maximum Gasteiger partial charge on any atom is 0.274 e. The molecule has 2 N–H and O–H groups in total. The van der Waals surface area contributed by atoms with Crippen molar-refractivity contribution in [2.75, 3.05) is 5.43 Å². The third-order valence-corrected chi connectivity index (χ3v) is 2.63. The molecule has 0 radical (unpaired) electrons. The van der Waals surface area contributed by atoms with Gasteiger partial charge in [0.25, 0.3) is 5.56 Å². The Bertz CT molecular complexity index is 630. The third kappa shape index (κ3) is 3.48. The lowest BCUT2D eigenvalue weighted by atomic mass is 10.1. The average molecular weight is 257 g/mol. The first kappa shape index (κ1) is 12.9. The molecular weight excluding hydrogens is 242 g/mol. The summed E-state index contributed by atoms with van der Waals surface area (Å²) in [6, 6.07) is 8.06. The summed E-state index contributed by atoms with van der Waals surface area (Å²) in [6.45, 7) is 3.70. The number of nitrogens with zero attached hydrogens (tertiary/aromatic N) is 3. The summed E-state index contributed by atoms with van der Waals surface area (Å²) in [5.74, 6) is 0.219. The van der Waals surface area contributed by atoms with Crippen molar-refractivity contribution < 1.29 is 0 Å². The highest BCUT2D eigenvalue weighted by molar-refractivity contribution is 5.80. The van der Waals surface area contributed by atoms with Gasteiger partial charge in [0.15, 0.2) is 0 Å². The Labute approximate surface area is 110 Å². The van der Waals surface area contributed by atoms with E-state index in [0.29, 0.717) is 5.69 Å². The van der Waals surface area contributed by atoms with Crippen molar-refractivity contribution in [1.29, 1.82) is 0 Å². The standard InChI is InChI=1S/C13H15N5O/c1-3-10-4-6-11(7-5-10)8-14-17-13-15-12(19)9(2)16-18-13/h4-8H,3H2,1-2H3,(H2,15,17,18,19). The number of aromatic nitrogens is 3. The summed E-state index contributed by atoms with van der Waals surface area (Å²) in [6.07, 6.45) is 2.66. The summed E-state index contributed by atoms with van der Waals surface area (Å²) >= 11 is 0. The number of benzene rings is 1. The number of anilines is 1. The van der Waals surface area contributed by atoms with Gasteiger partial charge in [0.1, 0.15) is 5.69 Å². The molecule has 0 amide bonds. The van der Waals surface area contributed by atoms with Crippen LogP contribution in [0.15, 0.2) is 34.2 Å². The predicted octanol–water partition coefficient (Wildman–Crippen LogP) is 1.48. The lowest BCUT2D eigenvalue weighted by molar-refractivity contribution is 0.897. The zero-order valence-electron chi connectivity index (χ0n) is 10.8. The second-order valence-corrected chi connectivity index (χ2v) is 4.05. The van der Waals surface area contributed by atoms with Crippen LogP contribution in [-0.2, 0) is 6.42 Å². The zero-order chi connectivity index (χ0) is 13.7. The molecule has 98 valence electrons. The Hall–Kier alpha value is -2.50. The van der Waals surface area contributed by atoms with E-state index >= 15 is 0 Å². The van der Waals surface area contributed by atoms with Gasteiger partial charge in [0.05, 0.1) is 6.21 Å². The molecule has 0 aliphatic rings. The summed E-state index contributed by atoms with van der Waals surface area (Å²) in [5, 5.41) is 11.5. The van der Waals surface area contributed by atoms with Crippen LogP contribution in [0.25, 0.3) is 0 Å². The van der Waals surface area contributed by atoms with Crippen molar-refractivity contribution in [2.24, 2.45) is 5.10 Å². The number of H-pyrrole nitrogens is 1. The molecule has 6 heteroatoms. The summed E-state index contributed by atoms with van der Waals surface area (Å²) in [4.78, 5) is 13.8. The molecule has 0 bridgehead atoms. The molecule has 1 heterocycles. The molecule has 0 unspecified atom stereocenters. The normalized spacial score (nSPS) is 10.8. The molecule has 0 saturated heterocycles.